The average Bonchev–Trinajstić information content (AvgIpc) is 2.86. The van der Waals surface area contributed by atoms with Gasteiger partial charge in [-0.3, -0.25) is 19.2 Å². The van der Waals surface area contributed by atoms with Gasteiger partial charge in [0.1, 0.15) is 12.3 Å². The first-order valence-electron chi connectivity index (χ1n) is 11.2. The van der Waals surface area contributed by atoms with Crippen molar-refractivity contribution in [2.45, 2.75) is 29.7 Å². The number of sulfonamides is 1. The van der Waals surface area contributed by atoms with Gasteiger partial charge in [-0.05, 0) is 61.9 Å². The number of ether oxygens (including phenoxy) is 1. The number of aryl methyl sites for hydroxylation is 1. The molecule has 1 unspecified atom stereocenters. The van der Waals surface area contributed by atoms with Crippen LogP contribution in [-0.2, 0) is 24.7 Å². The molecule has 1 amide bonds. The number of carbonyl (C=O) groups excluding carboxylic acids is 1. The molecule has 0 fully saturated rings. The number of methoxy groups -OCH3 is 1. The normalized spacial score (nSPS) is 12.4. The van der Waals surface area contributed by atoms with Gasteiger partial charge in [-0.2, -0.15) is 0 Å². The van der Waals surface area contributed by atoms with Crippen molar-refractivity contribution in [2.24, 2.45) is 0 Å². The lowest BCUT2D eigenvalue weighted by molar-refractivity contribution is -0.385. The van der Waals surface area contributed by atoms with Crippen molar-refractivity contribution in [1.82, 2.24) is 5.32 Å². The maximum absolute atomic E-state index is 13.6. The number of sulfone groups is 1. The Morgan fingerprint density at radius 3 is 2.11 bits per heavy atom. The van der Waals surface area contributed by atoms with Crippen LogP contribution < -0.4 is 14.4 Å². The molecule has 11 nitrogen and oxygen atoms in total. The smallest absolute Gasteiger partial charge is 0.273 e. The summed E-state index contributed by atoms with van der Waals surface area (Å²) >= 11 is 0. The van der Waals surface area contributed by atoms with Gasteiger partial charge >= 0.3 is 0 Å². The maximum atomic E-state index is 13.6. The second-order valence-corrected chi connectivity index (χ2v) is 12.4. The number of carbonyl (C=O) groups is 1. The van der Waals surface area contributed by atoms with Crippen LogP contribution in [0.5, 0.6) is 5.75 Å². The molecule has 3 aromatic rings. The van der Waals surface area contributed by atoms with Crippen molar-refractivity contribution in [1.29, 1.82) is 0 Å². The van der Waals surface area contributed by atoms with Crippen LogP contribution in [0.4, 0.5) is 11.4 Å². The van der Waals surface area contributed by atoms with Crippen molar-refractivity contribution in [3.05, 3.63) is 88.0 Å². The highest BCUT2D eigenvalue weighted by Crippen LogP contribution is 2.29. The predicted octanol–water partition coefficient (Wildman–Crippen LogP) is 3.39. The minimum absolute atomic E-state index is 0.128. The Bertz CT molecular complexity index is 1550. The van der Waals surface area contributed by atoms with Crippen LogP contribution in [0.15, 0.2) is 76.5 Å². The first-order valence-corrected chi connectivity index (χ1v) is 14.6. The van der Waals surface area contributed by atoms with Crippen LogP contribution in [0.25, 0.3) is 0 Å². The number of amides is 1. The Morgan fingerprint density at radius 2 is 1.58 bits per heavy atom. The number of nitrogens with one attached hydrogen (secondary N) is 1. The highest BCUT2D eigenvalue weighted by molar-refractivity contribution is 7.93. The summed E-state index contributed by atoms with van der Waals surface area (Å²) in [6, 6.07) is 14.9. The monoisotopic (exact) mass is 561 g/mol. The first kappa shape index (κ1) is 28.6. The van der Waals surface area contributed by atoms with Gasteiger partial charge in [0.2, 0.25) is 5.91 Å². The van der Waals surface area contributed by atoms with E-state index >= 15 is 0 Å². The fourth-order valence-corrected chi connectivity index (χ4v) is 5.71. The molecule has 0 radical (unpaired) electrons. The number of anilines is 1. The molecule has 0 spiro atoms. The maximum Gasteiger partial charge on any atom is 0.273 e. The van der Waals surface area contributed by atoms with E-state index in [-0.39, 0.29) is 21.2 Å². The van der Waals surface area contributed by atoms with Crippen molar-refractivity contribution >= 4 is 37.1 Å². The summed E-state index contributed by atoms with van der Waals surface area (Å²) in [4.78, 5) is 23.5. The topological polar surface area (TPSA) is 153 Å². The molecule has 0 saturated heterocycles. The van der Waals surface area contributed by atoms with E-state index in [1.165, 1.54) is 62.6 Å². The summed E-state index contributed by atoms with van der Waals surface area (Å²) < 4.78 is 56.6. The Hall–Kier alpha value is -3.97. The second-order valence-electron chi connectivity index (χ2n) is 8.55. The Labute approximate surface area is 221 Å². The summed E-state index contributed by atoms with van der Waals surface area (Å²) in [7, 11) is -6.34. The predicted molar refractivity (Wildman–Crippen MR) is 141 cm³/mol. The number of benzene rings is 3. The molecule has 0 heterocycles. The van der Waals surface area contributed by atoms with Crippen LogP contribution in [0.2, 0.25) is 0 Å². The lowest BCUT2D eigenvalue weighted by Gasteiger charge is -2.25. The van der Waals surface area contributed by atoms with Gasteiger partial charge in [0.05, 0.1) is 33.6 Å². The molecule has 202 valence electrons. The number of nitro benzene ring substituents is 1. The number of nitrogens with zero attached hydrogens (tertiary/aromatic N) is 2. The molecule has 0 saturated carbocycles. The molecule has 38 heavy (non-hydrogen) atoms. The Balaban J connectivity index is 1.93. The second kappa shape index (κ2) is 11.2. The number of nitro groups is 1. The molecule has 13 heteroatoms. The van der Waals surface area contributed by atoms with E-state index in [1.807, 2.05) is 0 Å². The van der Waals surface area contributed by atoms with Gasteiger partial charge in [0.15, 0.2) is 9.84 Å². The van der Waals surface area contributed by atoms with E-state index in [4.69, 9.17) is 4.74 Å². The summed E-state index contributed by atoms with van der Waals surface area (Å²) in [6.45, 7) is 2.54. The van der Waals surface area contributed by atoms with Gasteiger partial charge < -0.3 is 10.1 Å². The fourth-order valence-electron chi connectivity index (χ4n) is 3.64. The standard InChI is InChI=1S/C25H27N3O8S2/c1-17-5-12-23(15-24(17)28(30)31)38(34,35)27(20-8-10-21(36-3)11-9-20)16-25(29)26-18(2)19-6-13-22(14-7-19)37(4,32)33/h5-15,18H,16H2,1-4H3,(H,26,29). The highest BCUT2D eigenvalue weighted by Gasteiger charge is 2.30. The van der Waals surface area contributed by atoms with E-state index in [1.54, 1.807) is 19.1 Å². The van der Waals surface area contributed by atoms with Crippen LogP contribution in [0, 0.1) is 17.0 Å². The average molecular weight is 562 g/mol. The summed E-state index contributed by atoms with van der Waals surface area (Å²) in [5.74, 6) is -0.182. The molecule has 0 aliphatic heterocycles. The van der Waals surface area contributed by atoms with E-state index in [0.29, 0.717) is 16.9 Å². The number of rotatable bonds is 10. The van der Waals surface area contributed by atoms with Crippen molar-refractivity contribution in [3.8, 4) is 5.75 Å². The largest absolute Gasteiger partial charge is 0.497 e. The molecule has 3 aromatic carbocycles. The van der Waals surface area contributed by atoms with E-state index in [2.05, 4.69) is 5.32 Å². The number of hydrogen-bond acceptors (Lipinski definition) is 8. The number of hydrogen-bond donors (Lipinski definition) is 1. The minimum atomic E-state index is -4.40. The molecule has 0 bridgehead atoms. The van der Waals surface area contributed by atoms with Gasteiger partial charge in [0, 0.05) is 17.9 Å². The quantitative estimate of drug-likeness (QED) is 0.292. The summed E-state index contributed by atoms with van der Waals surface area (Å²) in [5, 5.41) is 14.1. The molecule has 3 rings (SSSR count). The molecule has 0 aromatic heterocycles. The van der Waals surface area contributed by atoms with Crippen molar-refractivity contribution in [3.63, 3.8) is 0 Å². The highest BCUT2D eigenvalue weighted by atomic mass is 32.2. The van der Waals surface area contributed by atoms with Crippen LogP contribution in [0.1, 0.15) is 24.1 Å². The van der Waals surface area contributed by atoms with E-state index < -0.39 is 43.3 Å². The minimum Gasteiger partial charge on any atom is -0.497 e. The van der Waals surface area contributed by atoms with Crippen molar-refractivity contribution in [2.75, 3.05) is 24.2 Å². The SMILES string of the molecule is COc1ccc(N(CC(=O)NC(C)c2ccc(S(C)(=O)=O)cc2)S(=O)(=O)c2ccc(C)c([N+](=O)[O-])c2)cc1. The lowest BCUT2D eigenvalue weighted by Crippen LogP contribution is -2.41. The third-order valence-corrected chi connectivity index (χ3v) is 8.70. The van der Waals surface area contributed by atoms with Gasteiger partial charge in [-0.1, -0.05) is 18.2 Å². The molecule has 0 aliphatic carbocycles. The zero-order valence-corrected chi connectivity index (χ0v) is 22.7. The fraction of sp³-hybridized carbons (Fsp3) is 0.240. The zero-order valence-electron chi connectivity index (χ0n) is 21.1. The Morgan fingerprint density at radius 1 is 1.00 bits per heavy atom. The molecule has 1 N–H and O–H groups in total. The summed E-state index contributed by atoms with van der Waals surface area (Å²) in [6.07, 6.45) is 1.09. The third-order valence-electron chi connectivity index (χ3n) is 5.80. The lowest BCUT2D eigenvalue weighted by atomic mass is 10.1. The van der Waals surface area contributed by atoms with E-state index in [0.717, 1.165) is 16.6 Å². The van der Waals surface area contributed by atoms with Crippen LogP contribution in [-0.4, -0.2) is 47.6 Å². The molecule has 1 atom stereocenters. The first-order chi connectivity index (χ1) is 17.7. The molecular weight excluding hydrogens is 534 g/mol. The van der Waals surface area contributed by atoms with E-state index in [9.17, 15) is 31.7 Å². The van der Waals surface area contributed by atoms with Crippen molar-refractivity contribution < 1.29 is 31.3 Å². The van der Waals surface area contributed by atoms with Crippen LogP contribution in [0.3, 0.4) is 0 Å². The van der Waals surface area contributed by atoms with Gasteiger partial charge in [-0.25, -0.2) is 16.8 Å². The Kier molecular flexibility index (Phi) is 8.42. The third kappa shape index (κ3) is 6.47. The molecule has 0 aliphatic rings. The van der Waals surface area contributed by atoms with Gasteiger partial charge in [-0.15, -0.1) is 0 Å². The zero-order chi connectivity index (χ0) is 28.3. The summed E-state index contributed by atoms with van der Waals surface area (Å²) in [5.41, 5.74) is 0.683. The van der Waals surface area contributed by atoms with Crippen LogP contribution >= 0.6 is 0 Å². The molecular formula is C25H27N3O8S2. The van der Waals surface area contributed by atoms with Gasteiger partial charge in [0.25, 0.3) is 15.7 Å².